The summed E-state index contributed by atoms with van der Waals surface area (Å²) in [6.07, 6.45) is 0.897. The van der Waals surface area contributed by atoms with E-state index >= 15 is 0 Å². The normalized spacial score (nSPS) is 16.7. The van der Waals surface area contributed by atoms with Gasteiger partial charge in [0.15, 0.2) is 0 Å². The molecule has 0 spiro atoms. The molecule has 2 unspecified atom stereocenters. The lowest BCUT2D eigenvalue weighted by atomic mass is 9.84. The predicted molar refractivity (Wildman–Crippen MR) is 127 cm³/mol. The fraction of sp³-hybridized carbons (Fsp3) is 0.143. The Bertz CT molecular complexity index is 1310. The number of ether oxygens (including phenoxy) is 1. The van der Waals surface area contributed by atoms with Crippen molar-refractivity contribution in [1.29, 1.82) is 0 Å². The molecule has 0 radical (unpaired) electrons. The van der Waals surface area contributed by atoms with Crippen LogP contribution in [0.25, 0.3) is 0 Å². The zero-order valence-electron chi connectivity index (χ0n) is 18.2. The minimum atomic E-state index is -0.407. The molecule has 1 aliphatic heterocycles. The van der Waals surface area contributed by atoms with Crippen LogP contribution in [0.5, 0.6) is 34.5 Å². The third-order valence-corrected chi connectivity index (χ3v) is 6.14. The Morgan fingerprint density at radius 2 is 1.12 bits per heavy atom. The maximum Gasteiger partial charge on any atom is 0.135 e. The van der Waals surface area contributed by atoms with E-state index in [2.05, 4.69) is 6.07 Å². The summed E-state index contributed by atoms with van der Waals surface area (Å²) < 4.78 is 6.32. The highest BCUT2D eigenvalue weighted by atomic mass is 16.5. The number of phenols is 5. The van der Waals surface area contributed by atoms with Crippen LogP contribution in [-0.4, -0.2) is 25.5 Å². The van der Waals surface area contributed by atoms with Crippen LogP contribution in [0.2, 0.25) is 0 Å². The lowest BCUT2D eigenvalue weighted by molar-refractivity contribution is 0.222. The SMILES string of the molecule is Oc1ccc(C2Oc3ccc(CCc4cc(O)cc(O)c4)cc3C2c2cc(O)cc(O)c2)cc1. The van der Waals surface area contributed by atoms with Gasteiger partial charge in [0.05, 0.1) is 5.92 Å². The number of phenolic OH excluding ortho intramolecular Hbond substituents is 5. The summed E-state index contributed by atoms with van der Waals surface area (Å²) in [5.74, 6) is 0.564. The minimum absolute atomic E-state index is 0.0258. The first-order valence-electron chi connectivity index (χ1n) is 11.0. The fourth-order valence-electron chi connectivity index (χ4n) is 4.64. The molecule has 5 rings (SSSR count). The van der Waals surface area contributed by atoms with E-state index in [-0.39, 0.29) is 34.7 Å². The Hall–Kier alpha value is -4.32. The van der Waals surface area contributed by atoms with Crippen molar-refractivity contribution >= 4 is 0 Å². The Kier molecular flexibility index (Phi) is 5.42. The summed E-state index contributed by atoms with van der Waals surface area (Å²) in [5.41, 5.74) is 4.37. The first-order chi connectivity index (χ1) is 16.4. The number of hydrogen-bond acceptors (Lipinski definition) is 6. The van der Waals surface area contributed by atoms with Crippen LogP contribution in [0.1, 0.15) is 39.8 Å². The molecule has 1 heterocycles. The van der Waals surface area contributed by atoms with Gasteiger partial charge in [-0.3, -0.25) is 0 Å². The van der Waals surface area contributed by atoms with Crippen LogP contribution in [0.3, 0.4) is 0 Å². The molecule has 4 aromatic carbocycles. The highest BCUT2D eigenvalue weighted by molar-refractivity contribution is 5.53. The average Bonchev–Trinajstić information content (AvgIpc) is 3.15. The molecular weight excluding hydrogens is 432 g/mol. The number of hydrogen-bond donors (Lipinski definition) is 5. The van der Waals surface area contributed by atoms with Crippen molar-refractivity contribution in [3.8, 4) is 34.5 Å². The smallest absolute Gasteiger partial charge is 0.135 e. The maximum absolute atomic E-state index is 10.1. The summed E-state index contributed by atoms with van der Waals surface area (Å²) in [4.78, 5) is 0. The van der Waals surface area contributed by atoms with Gasteiger partial charge in [-0.2, -0.15) is 0 Å². The van der Waals surface area contributed by atoms with Crippen molar-refractivity contribution in [2.75, 3.05) is 0 Å². The fourth-order valence-corrected chi connectivity index (χ4v) is 4.64. The first-order valence-corrected chi connectivity index (χ1v) is 11.0. The largest absolute Gasteiger partial charge is 0.508 e. The van der Waals surface area contributed by atoms with Gasteiger partial charge >= 0.3 is 0 Å². The molecule has 6 heteroatoms. The van der Waals surface area contributed by atoms with Gasteiger partial charge in [-0.15, -0.1) is 0 Å². The molecule has 6 nitrogen and oxygen atoms in total. The Morgan fingerprint density at radius 1 is 0.529 bits per heavy atom. The van der Waals surface area contributed by atoms with Gasteiger partial charge in [-0.05, 0) is 77.6 Å². The Labute approximate surface area is 196 Å². The molecule has 0 fully saturated rings. The van der Waals surface area contributed by atoms with Crippen LogP contribution in [0.4, 0.5) is 0 Å². The standard InChI is InChI=1S/C28H24O6/c29-20-6-4-18(5-7-20)28-27(19-12-23(32)15-24(33)13-19)25-11-16(3-8-26(25)34-28)1-2-17-9-21(30)14-22(31)10-17/h3-15,27-33H,1-2H2. The van der Waals surface area contributed by atoms with Crippen molar-refractivity contribution in [2.24, 2.45) is 0 Å². The van der Waals surface area contributed by atoms with Gasteiger partial charge in [-0.25, -0.2) is 0 Å². The molecule has 0 bridgehead atoms. The summed E-state index contributed by atoms with van der Waals surface area (Å²) in [5, 5.41) is 49.5. The highest BCUT2D eigenvalue weighted by Gasteiger charge is 2.37. The first kappa shape index (κ1) is 21.5. The van der Waals surface area contributed by atoms with Crippen LogP contribution in [0.15, 0.2) is 78.9 Å². The van der Waals surface area contributed by atoms with Gasteiger partial charge in [0, 0.05) is 17.7 Å². The summed E-state index contributed by atoms with van der Waals surface area (Å²) >= 11 is 0. The molecule has 5 N–H and O–H groups in total. The zero-order chi connectivity index (χ0) is 23.8. The molecule has 0 aromatic heterocycles. The second-order valence-electron chi connectivity index (χ2n) is 8.62. The highest BCUT2D eigenvalue weighted by Crippen LogP contribution is 2.50. The second kappa shape index (κ2) is 8.56. The summed E-state index contributed by atoms with van der Waals surface area (Å²) in [6.45, 7) is 0. The van der Waals surface area contributed by atoms with Crippen LogP contribution in [-0.2, 0) is 12.8 Å². The van der Waals surface area contributed by atoms with E-state index in [1.807, 2.05) is 12.1 Å². The topological polar surface area (TPSA) is 110 Å². The van der Waals surface area contributed by atoms with Crippen molar-refractivity contribution in [3.05, 3.63) is 107 Å². The molecule has 0 aliphatic carbocycles. The van der Waals surface area contributed by atoms with E-state index in [4.69, 9.17) is 4.74 Å². The van der Waals surface area contributed by atoms with E-state index in [1.165, 1.54) is 12.1 Å². The van der Waals surface area contributed by atoms with E-state index in [0.29, 0.717) is 24.2 Å². The Morgan fingerprint density at radius 3 is 1.76 bits per heavy atom. The van der Waals surface area contributed by atoms with Crippen molar-refractivity contribution in [2.45, 2.75) is 24.9 Å². The van der Waals surface area contributed by atoms with E-state index in [1.54, 1.807) is 48.5 Å². The molecule has 2 atom stereocenters. The van der Waals surface area contributed by atoms with Crippen LogP contribution >= 0.6 is 0 Å². The number of rotatable bonds is 5. The third-order valence-electron chi connectivity index (χ3n) is 6.14. The molecule has 0 saturated carbocycles. The monoisotopic (exact) mass is 456 g/mol. The number of aryl methyl sites for hydroxylation is 2. The van der Waals surface area contributed by atoms with Gasteiger partial charge in [0.25, 0.3) is 0 Å². The van der Waals surface area contributed by atoms with E-state index < -0.39 is 6.10 Å². The lowest BCUT2D eigenvalue weighted by Gasteiger charge is -2.21. The van der Waals surface area contributed by atoms with Gasteiger partial charge in [0.1, 0.15) is 40.6 Å². The number of benzene rings is 4. The predicted octanol–water partition coefficient (Wildman–Crippen LogP) is 5.27. The average molecular weight is 456 g/mol. The third kappa shape index (κ3) is 4.30. The van der Waals surface area contributed by atoms with E-state index in [0.717, 1.165) is 22.3 Å². The summed E-state index contributed by atoms with van der Waals surface area (Å²) in [6, 6.07) is 21.9. The van der Waals surface area contributed by atoms with Gasteiger partial charge in [-0.1, -0.05) is 24.3 Å². The lowest BCUT2D eigenvalue weighted by Crippen LogP contribution is -2.11. The van der Waals surface area contributed by atoms with Crippen LogP contribution in [0, 0.1) is 0 Å². The maximum atomic E-state index is 10.1. The van der Waals surface area contributed by atoms with Crippen molar-refractivity contribution in [3.63, 3.8) is 0 Å². The molecular formula is C28H24O6. The quantitative estimate of drug-likeness (QED) is 0.280. The molecule has 0 saturated heterocycles. The molecule has 4 aromatic rings. The molecule has 0 amide bonds. The molecule has 34 heavy (non-hydrogen) atoms. The zero-order valence-corrected chi connectivity index (χ0v) is 18.2. The number of fused-ring (bicyclic) bond motifs is 1. The minimum Gasteiger partial charge on any atom is -0.508 e. The van der Waals surface area contributed by atoms with Crippen molar-refractivity contribution in [1.82, 2.24) is 0 Å². The molecule has 1 aliphatic rings. The number of aromatic hydroxyl groups is 5. The molecule has 172 valence electrons. The van der Waals surface area contributed by atoms with Gasteiger partial charge in [0.2, 0.25) is 0 Å². The van der Waals surface area contributed by atoms with Crippen molar-refractivity contribution < 1.29 is 30.3 Å². The van der Waals surface area contributed by atoms with Crippen LogP contribution < -0.4 is 4.74 Å². The second-order valence-corrected chi connectivity index (χ2v) is 8.62. The van der Waals surface area contributed by atoms with E-state index in [9.17, 15) is 25.5 Å². The Balaban J connectivity index is 1.51. The van der Waals surface area contributed by atoms with Gasteiger partial charge < -0.3 is 30.3 Å². The summed E-state index contributed by atoms with van der Waals surface area (Å²) in [7, 11) is 0.